The topological polar surface area (TPSA) is 46.6 Å². The normalized spacial score (nSPS) is 21.5. The largest absolute Gasteiger partial charge is 0.452 e. The van der Waals surface area contributed by atoms with Crippen LogP contribution in [0, 0.1) is 5.82 Å². The van der Waals surface area contributed by atoms with Gasteiger partial charge in [-0.3, -0.25) is 4.79 Å². The molecular formula is C16H19ClFNO3. The Hall–Kier alpha value is -1.62. The highest BCUT2D eigenvalue weighted by Gasteiger charge is 2.29. The lowest BCUT2D eigenvalue weighted by Gasteiger charge is -2.38. The van der Waals surface area contributed by atoms with Crippen LogP contribution in [0.25, 0.3) is 0 Å². The fraction of sp³-hybridized carbons (Fsp3) is 0.500. The Morgan fingerprint density at radius 2 is 1.95 bits per heavy atom. The van der Waals surface area contributed by atoms with Gasteiger partial charge in [-0.1, -0.05) is 17.7 Å². The Labute approximate surface area is 134 Å². The molecule has 6 heteroatoms. The molecule has 1 aromatic rings. The zero-order chi connectivity index (χ0) is 16.3. The molecule has 0 radical (unpaired) electrons. The summed E-state index contributed by atoms with van der Waals surface area (Å²) in [6, 6.07) is 4.16. The van der Waals surface area contributed by atoms with Crippen molar-refractivity contribution in [2.75, 3.05) is 6.61 Å². The van der Waals surface area contributed by atoms with Crippen LogP contribution in [0.15, 0.2) is 18.2 Å². The predicted molar refractivity (Wildman–Crippen MR) is 81.3 cm³/mol. The number of hydrogen-bond donors (Lipinski definition) is 0. The fourth-order valence-corrected chi connectivity index (χ4v) is 3.12. The molecular weight excluding hydrogens is 309 g/mol. The second-order valence-electron chi connectivity index (χ2n) is 5.60. The molecule has 4 nitrogen and oxygen atoms in total. The van der Waals surface area contributed by atoms with Crippen LogP contribution < -0.4 is 0 Å². The minimum absolute atomic E-state index is 0.0304. The molecule has 1 fully saturated rings. The average molecular weight is 328 g/mol. The van der Waals surface area contributed by atoms with Gasteiger partial charge in [0.2, 0.25) is 0 Å². The van der Waals surface area contributed by atoms with E-state index >= 15 is 0 Å². The first-order valence-electron chi connectivity index (χ1n) is 7.34. The Bertz CT molecular complexity index is 548. The van der Waals surface area contributed by atoms with Crippen LogP contribution in [-0.4, -0.2) is 35.5 Å². The number of carbonyl (C=O) groups excluding carboxylic acids is 2. The number of esters is 1. The van der Waals surface area contributed by atoms with Crippen LogP contribution in [0.2, 0.25) is 5.02 Å². The first-order chi connectivity index (χ1) is 10.4. The Morgan fingerprint density at radius 3 is 2.55 bits per heavy atom. The smallest absolute Gasteiger partial charge is 0.343 e. The molecule has 1 amide bonds. The second-order valence-corrected chi connectivity index (χ2v) is 6.01. The van der Waals surface area contributed by atoms with Crippen LogP contribution in [0.4, 0.5) is 4.39 Å². The maximum atomic E-state index is 13.6. The summed E-state index contributed by atoms with van der Waals surface area (Å²) in [5, 5.41) is -0.0304. The highest BCUT2D eigenvalue weighted by molar-refractivity contribution is 6.33. The number of amides is 1. The lowest BCUT2D eigenvalue weighted by atomic mass is 9.97. The fourth-order valence-electron chi connectivity index (χ4n) is 2.88. The Kier molecular flexibility index (Phi) is 5.40. The Balaban J connectivity index is 2.00. The van der Waals surface area contributed by atoms with Crippen molar-refractivity contribution < 1.29 is 18.7 Å². The maximum absolute atomic E-state index is 13.6. The summed E-state index contributed by atoms with van der Waals surface area (Å²) in [5.74, 6) is -1.95. The van der Waals surface area contributed by atoms with Crippen molar-refractivity contribution in [3.8, 4) is 0 Å². The summed E-state index contributed by atoms with van der Waals surface area (Å²) in [4.78, 5) is 25.9. The van der Waals surface area contributed by atoms with Crippen molar-refractivity contribution >= 4 is 23.5 Å². The molecule has 0 N–H and O–H groups in total. The molecule has 1 heterocycles. The van der Waals surface area contributed by atoms with Crippen LogP contribution in [0.5, 0.6) is 0 Å². The number of likely N-dealkylation sites (tertiary alicyclic amines) is 1. The predicted octanol–water partition coefficient (Wildman–Crippen LogP) is 3.43. The first kappa shape index (κ1) is 16.7. The molecule has 2 unspecified atom stereocenters. The number of ether oxygens (including phenoxy) is 1. The van der Waals surface area contributed by atoms with Crippen molar-refractivity contribution in [1.82, 2.24) is 4.90 Å². The van der Waals surface area contributed by atoms with Gasteiger partial charge >= 0.3 is 5.97 Å². The summed E-state index contributed by atoms with van der Waals surface area (Å²) in [5.41, 5.74) is -0.336. The average Bonchev–Trinajstić information content (AvgIpc) is 2.44. The first-order valence-corrected chi connectivity index (χ1v) is 7.72. The molecule has 1 saturated heterocycles. The number of nitrogens with zero attached hydrogens (tertiary/aromatic N) is 1. The van der Waals surface area contributed by atoms with Gasteiger partial charge in [-0.2, -0.15) is 0 Å². The summed E-state index contributed by atoms with van der Waals surface area (Å²) >= 11 is 5.80. The van der Waals surface area contributed by atoms with E-state index in [0.29, 0.717) is 0 Å². The SMILES string of the molecule is CC1CCCC(C)N1C(=O)COC(=O)c1c(F)cccc1Cl. The summed E-state index contributed by atoms with van der Waals surface area (Å²) < 4.78 is 18.6. The molecule has 0 spiro atoms. The van der Waals surface area contributed by atoms with E-state index < -0.39 is 18.4 Å². The standard InChI is InChI=1S/C16H19ClFNO3/c1-10-5-3-6-11(2)19(10)14(20)9-22-16(21)15-12(17)7-4-8-13(15)18/h4,7-8,10-11H,3,5-6,9H2,1-2H3. The number of carbonyl (C=O) groups is 2. The molecule has 2 atom stereocenters. The van der Waals surface area contributed by atoms with Crippen LogP contribution in [0.3, 0.4) is 0 Å². The third kappa shape index (κ3) is 3.58. The highest BCUT2D eigenvalue weighted by Crippen LogP contribution is 2.23. The van der Waals surface area contributed by atoms with Gasteiger partial charge in [0.15, 0.2) is 6.61 Å². The lowest BCUT2D eigenvalue weighted by Crippen LogP contribution is -2.49. The molecule has 1 aliphatic rings. The van der Waals surface area contributed by atoms with Gasteiger partial charge in [-0.25, -0.2) is 9.18 Å². The van der Waals surface area contributed by atoms with Crippen molar-refractivity contribution in [2.45, 2.75) is 45.2 Å². The van der Waals surface area contributed by atoms with Gasteiger partial charge < -0.3 is 9.64 Å². The molecule has 120 valence electrons. The van der Waals surface area contributed by atoms with E-state index in [4.69, 9.17) is 16.3 Å². The minimum Gasteiger partial charge on any atom is -0.452 e. The number of hydrogen-bond acceptors (Lipinski definition) is 3. The van der Waals surface area contributed by atoms with Crippen LogP contribution in [0.1, 0.15) is 43.5 Å². The van der Waals surface area contributed by atoms with Crippen molar-refractivity contribution in [3.05, 3.63) is 34.6 Å². The number of piperidine rings is 1. The summed E-state index contributed by atoms with van der Waals surface area (Å²) in [6.45, 7) is 3.55. The molecule has 1 aromatic carbocycles. The lowest BCUT2D eigenvalue weighted by molar-refractivity contribution is -0.140. The molecule has 0 aromatic heterocycles. The van der Waals surface area contributed by atoms with E-state index in [1.54, 1.807) is 4.90 Å². The van der Waals surface area contributed by atoms with Gasteiger partial charge in [-0.15, -0.1) is 0 Å². The van der Waals surface area contributed by atoms with Gasteiger partial charge in [0.25, 0.3) is 5.91 Å². The third-order valence-corrected chi connectivity index (χ3v) is 4.29. The van der Waals surface area contributed by atoms with Crippen molar-refractivity contribution in [1.29, 1.82) is 0 Å². The summed E-state index contributed by atoms with van der Waals surface area (Å²) in [6.07, 6.45) is 2.95. The summed E-state index contributed by atoms with van der Waals surface area (Å²) in [7, 11) is 0. The van der Waals surface area contributed by atoms with E-state index in [1.807, 2.05) is 13.8 Å². The minimum atomic E-state index is -0.922. The van der Waals surface area contributed by atoms with E-state index in [0.717, 1.165) is 25.3 Å². The Morgan fingerprint density at radius 1 is 1.32 bits per heavy atom. The van der Waals surface area contributed by atoms with Crippen molar-refractivity contribution in [3.63, 3.8) is 0 Å². The molecule has 2 rings (SSSR count). The van der Waals surface area contributed by atoms with Crippen LogP contribution in [-0.2, 0) is 9.53 Å². The highest BCUT2D eigenvalue weighted by atomic mass is 35.5. The van der Waals surface area contributed by atoms with Gasteiger partial charge in [-0.05, 0) is 45.2 Å². The zero-order valence-electron chi connectivity index (χ0n) is 12.6. The molecule has 0 aliphatic carbocycles. The zero-order valence-corrected chi connectivity index (χ0v) is 13.4. The van der Waals surface area contributed by atoms with Gasteiger partial charge in [0.05, 0.1) is 5.02 Å². The van der Waals surface area contributed by atoms with Crippen molar-refractivity contribution in [2.24, 2.45) is 0 Å². The maximum Gasteiger partial charge on any atom is 0.343 e. The van der Waals surface area contributed by atoms with Gasteiger partial charge in [0, 0.05) is 12.1 Å². The van der Waals surface area contributed by atoms with E-state index in [9.17, 15) is 14.0 Å². The molecule has 22 heavy (non-hydrogen) atoms. The molecule has 0 bridgehead atoms. The van der Waals surface area contributed by atoms with Gasteiger partial charge in [0.1, 0.15) is 11.4 Å². The van der Waals surface area contributed by atoms with E-state index in [-0.39, 0.29) is 28.6 Å². The van der Waals surface area contributed by atoms with E-state index in [2.05, 4.69) is 0 Å². The quantitative estimate of drug-likeness (QED) is 0.799. The third-order valence-electron chi connectivity index (χ3n) is 3.98. The van der Waals surface area contributed by atoms with E-state index in [1.165, 1.54) is 12.1 Å². The monoisotopic (exact) mass is 327 g/mol. The number of rotatable bonds is 3. The molecule has 0 saturated carbocycles. The molecule has 1 aliphatic heterocycles. The van der Waals surface area contributed by atoms with Crippen LogP contribution >= 0.6 is 11.6 Å². The number of halogens is 2. The number of benzene rings is 1. The second kappa shape index (κ2) is 7.09.